The lowest BCUT2D eigenvalue weighted by Gasteiger charge is -2.30. The standard InChI is InChI=1S/C20H26N4O4/c1-13(2)28-17-6-4-16(5-7-17)24-14(3)19(21-22-24)20(27)23-10-8-15(9-11-23)12-18(25)26/h4-7,13,15H,8-12H2,1-3H3,(H,25,26). The summed E-state index contributed by atoms with van der Waals surface area (Å²) in [5, 5.41) is 17.2. The summed E-state index contributed by atoms with van der Waals surface area (Å²) in [5.74, 6) is -0.0346. The molecule has 0 saturated carbocycles. The number of carbonyl (C=O) groups excluding carboxylic acids is 1. The monoisotopic (exact) mass is 386 g/mol. The van der Waals surface area contributed by atoms with Crippen molar-refractivity contribution < 1.29 is 19.4 Å². The topological polar surface area (TPSA) is 97.5 Å². The molecule has 1 saturated heterocycles. The van der Waals surface area contributed by atoms with Gasteiger partial charge >= 0.3 is 5.97 Å². The Labute approximate surface area is 164 Å². The van der Waals surface area contributed by atoms with Gasteiger partial charge in [0.2, 0.25) is 0 Å². The fourth-order valence-electron chi connectivity index (χ4n) is 3.45. The second kappa shape index (κ2) is 8.41. The van der Waals surface area contributed by atoms with E-state index in [9.17, 15) is 9.59 Å². The summed E-state index contributed by atoms with van der Waals surface area (Å²) >= 11 is 0. The largest absolute Gasteiger partial charge is 0.491 e. The molecule has 1 fully saturated rings. The first-order valence-corrected chi connectivity index (χ1v) is 9.55. The first kappa shape index (κ1) is 19.9. The van der Waals surface area contributed by atoms with Crippen molar-refractivity contribution in [2.45, 2.75) is 46.1 Å². The Bertz CT molecular complexity index is 836. The van der Waals surface area contributed by atoms with Crippen molar-refractivity contribution in [1.29, 1.82) is 0 Å². The maximum atomic E-state index is 12.8. The molecule has 0 unspecified atom stereocenters. The molecule has 0 bridgehead atoms. The van der Waals surface area contributed by atoms with Gasteiger partial charge in [-0.3, -0.25) is 9.59 Å². The van der Waals surface area contributed by atoms with E-state index in [0.29, 0.717) is 37.3 Å². The predicted octanol–water partition coefficient (Wildman–Crippen LogP) is 2.69. The third-order valence-electron chi connectivity index (χ3n) is 4.92. The zero-order valence-corrected chi connectivity index (χ0v) is 16.5. The van der Waals surface area contributed by atoms with Crippen molar-refractivity contribution in [2.24, 2.45) is 5.92 Å². The fraction of sp³-hybridized carbons (Fsp3) is 0.500. The van der Waals surface area contributed by atoms with Crippen LogP contribution in [0.4, 0.5) is 0 Å². The highest BCUT2D eigenvalue weighted by atomic mass is 16.5. The number of carboxylic acid groups (broad SMARTS) is 1. The van der Waals surface area contributed by atoms with E-state index in [-0.39, 0.29) is 24.3 Å². The molecule has 1 amide bonds. The van der Waals surface area contributed by atoms with Crippen LogP contribution in [0, 0.1) is 12.8 Å². The lowest BCUT2D eigenvalue weighted by molar-refractivity contribution is -0.138. The van der Waals surface area contributed by atoms with Crippen molar-refractivity contribution in [3.63, 3.8) is 0 Å². The van der Waals surface area contributed by atoms with Gasteiger partial charge in [0, 0.05) is 19.5 Å². The highest BCUT2D eigenvalue weighted by Gasteiger charge is 2.28. The third-order valence-corrected chi connectivity index (χ3v) is 4.92. The van der Waals surface area contributed by atoms with E-state index in [0.717, 1.165) is 11.4 Å². The maximum absolute atomic E-state index is 12.8. The van der Waals surface area contributed by atoms with Crippen molar-refractivity contribution in [3.8, 4) is 11.4 Å². The molecule has 8 heteroatoms. The van der Waals surface area contributed by atoms with E-state index in [1.54, 1.807) is 9.58 Å². The minimum absolute atomic E-state index is 0.0998. The fourth-order valence-corrected chi connectivity index (χ4v) is 3.45. The normalized spacial score (nSPS) is 15.1. The van der Waals surface area contributed by atoms with E-state index in [4.69, 9.17) is 9.84 Å². The first-order valence-electron chi connectivity index (χ1n) is 9.55. The summed E-state index contributed by atoms with van der Waals surface area (Å²) in [4.78, 5) is 25.4. The van der Waals surface area contributed by atoms with E-state index in [1.165, 1.54) is 0 Å². The molecular weight excluding hydrogens is 360 g/mol. The highest BCUT2D eigenvalue weighted by Crippen LogP contribution is 2.23. The number of aliphatic carboxylic acids is 1. The van der Waals surface area contributed by atoms with E-state index in [1.807, 2.05) is 45.0 Å². The number of carboxylic acids is 1. The molecular formula is C20H26N4O4. The van der Waals surface area contributed by atoms with Gasteiger partial charge in [0.05, 0.1) is 17.5 Å². The smallest absolute Gasteiger partial charge is 0.303 e. The summed E-state index contributed by atoms with van der Waals surface area (Å²) in [6.07, 6.45) is 1.65. The van der Waals surface area contributed by atoms with E-state index >= 15 is 0 Å². The van der Waals surface area contributed by atoms with Crippen LogP contribution in [-0.2, 0) is 4.79 Å². The van der Waals surface area contributed by atoms with E-state index in [2.05, 4.69) is 10.3 Å². The Morgan fingerprint density at radius 1 is 1.21 bits per heavy atom. The lowest BCUT2D eigenvalue weighted by Crippen LogP contribution is -2.39. The molecule has 0 spiro atoms. The van der Waals surface area contributed by atoms with Crippen molar-refractivity contribution >= 4 is 11.9 Å². The average molecular weight is 386 g/mol. The van der Waals surface area contributed by atoms with Crippen LogP contribution in [0.2, 0.25) is 0 Å². The summed E-state index contributed by atoms with van der Waals surface area (Å²) in [5.41, 5.74) is 1.81. The highest BCUT2D eigenvalue weighted by molar-refractivity contribution is 5.93. The number of likely N-dealkylation sites (tertiary alicyclic amines) is 1. The molecule has 28 heavy (non-hydrogen) atoms. The Kier molecular flexibility index (Phi) is 5.96. The van der Waals surface area contributed by atoms with Gasteiger partial charge in [0.25, 0.3) is 5.91 Å². The van der Waals surface area contributed by atoms with Gasteiger partial charge in [-0.25, -0.2) is 4.68 Å². The van der Waals surface area contributed by atoms with Gasteiger partial charge in [0.1, 0.15) is 5.75 Å². The molecule has 8 nitrogen and oxygen atoms in total. The van der Waals surface area contributed by atoms with Gasteiger partial charge in [0.15, 0.2) is 5.69 Å². The Morgan fingerprint density at radius 3 is 2.43 bits per heavy atom. The summed E-state index contributed by atoms with van der Waals surface area (Å²) in [6.45, 7) is 6.85. The van der Waals surface area contributed by atoms with Crippen LogP contribution in [0.25, 0.3) is 5.69 Å². The quantitative estimate of drug-likeness (QED) is 0.820. The van der Waals surface area contributed by atoms with Crippen molar-refractivity contribution in [1.82, 2.24) is 19.9 Å². The van der Waals surface area contributed by atoms with Crippen LogP contribution in [-0.4, -0.2) is 56.1 Å². The van der Waals surface area contributed by atoms with Crippen LogP contribution < -0.4 is 4.74 Å². The van der Waals surface area contributed by atoms with Gasteiger partial charge < -0.3 is 14.7 Å². The number of piperidine rings is 1. The molecule has 1 aliphatic rings. The molecule has 3 rings (SSSR count). The summed E-state index contributed by atoms with van der Waals surface area (Å²) < 4.78 is 7.29. The molecule has 1 aromatic carbocycles. The minimum atomic E-state index is -0.784. The Morgan fingerprint density at radius 2 is 1.86 bits per heavy atom. The van der Waals surface area contributed by atoms with Crippen LogP contribution >= 0.6 is 0 Å². The second-order valence-corrected chi connectivity index (χ2v) is 7.43. The molecule has 1 N–H and O–H groups in total. The number of rotatable bonds is 6. The number of benzene rings is 1. The molecule has 1 aromatic heterocycles. The number of hydrogen-bond donors (Lipinski definition) is 1. The van der Waals surface area contributed by atoms with Crippen LogP contribution in [0.15, 0.2) is 24.3 Å². The second-order valence-electron chi connectivity index (χ2n) is 7.43. The van der Waals surface area contributed by atoms with E-state index < -0.39 is 5.97 Å². The van der Waals surface area contributed by atoms with Crippen LogP contribution in [0.5, 0.6) is 5.75 Å². The molecule has 2 heterocycles. The number of amides is 1. The molecule has 0 aliphatic carbocycles. The Hall–Kier alpha value is -2.90. The van der Waals surface area contributed by atoms with Crippen LogP contribution in [0.1, 0.15) is 49.3 Å². The lowest BCUT2D eigenvalue weighted by atomic mass is 9.93. The number of nitrogens with zero attached hydrogens (tertiary/aromatic N) is 4. The molecule has 1 aliphatic heterocycles. The number of carbonyl (C=O) groups is 2. The molecule has 0 radical (unpaired) electrons. The van der Waals surface area contributed by atoms with Crippen molar-refractivity contribution in [2.75, 3.05) is 13.1 Å². The number of hydrogen-bond acceptors (Lipinski definition) is 5. The Balaban J connectivity index is 1.69. The molecule has 2 aromatic rings. The van der Waals surface area contributed by atoms with Crippen molar-refractivity contribution in [3.05, 3.63) is 35.7 Å². The number of ether oxygens (including phenoxy) is 1. The summed E-state index contributed by atoms with van der Waals surface area (Å²) in [6, 6.07) is 7.49. The molecule has 150 valence electrons. The first-order chi connectivity index (χ1) is 13.3. The van der Waals surface area contributed by atoms with Gasteiger partial charge in [-0.1, -0.05) is 5.21 Å². The zero-order valence-electron chi connectivity index (χ0n) is 16.5. The minimum Gasteiger partial charge on any atom is -0.491 e. The predicted molar refractivity (Wildman–Crippen MR) is 103 cm³/mol. The number of aromatic nitrogens is 3. The third kappa shape index (κ3) is 4.49. The maximum Gasteiger partial charge on any atom is 0.303 e. The summed E-state index contributed by atoms with van der Waals surface area (Å²) in [7, 11) is 0. The van der Waals surface area contributed by atoms with Gasteiger partial charge in [-0.2, -0.15) is 0 Å². The average Bonchev–Trinajstić information content (AvgIpc) is 3.03. The zero-order chi connectivity index (χ0) is 20.3. The van der Waals surface area contributed by atoms with Gasteiger partial charge in [-0.05, 0) is 63.8 Å². The molecule has 0 atom stereocenters. The SMILES string of the molecule is Cc1c(C(=O)N2CCC(CC(=O)O)CC2)nnn1-c1ccc(OC(C)C)cc1. The van der Waals surface area contributed by atoms with Gasteiger partial charge in [-0.15, -0.1) is 5.10 Å². The van der Waals surface area contributed by atoms with Crippen LogP contribution in [0.3, 0.4) is 0 Å².